The second-order valence-corrected chi connectivity index (χ2v) is 4.75. The summed E-state index contributed by atoms with van der Waals surface area (Å²) in [6.07, 6.45) is 2.24. The van der Waals surface area contributed by atoms with Gasteiger partial charge in [-0.1, -0.05) is 0 Å². The topological polar surface area (TPSA) is 86.7 Å². The van der Waals surface area contributed by atoms with E-state index < -0.39 is 17.9 Å². The summed E-state index contributed by atoms with van der Waals surface area (Å²) < 4.78 is 0. The molecule has 0 spiro atoms. The smallest absolute Gasteiger partial charge is 0.325 e. The van der Waals surface area contributed by atoms with Gasteiger partial charge in [0.05, 0.1) is 5.92 Å². The molecule has 1 saturated carbocycles. The van der Waals surface area contributed by atoms with Crippen LogP contribution in [0.4, 0.5) is 0 Å². The summed E-state index contributed by atoms with van der Waals surface area (Å²) in [6, 6.07) is -0.593. The molecular weight excluding hydrogens is 224 g/mol. The molecule has 0 aromatic carbocycles. The summed E-state index contributed by atoms with van der Waals surface area (Å²) in [4.78, 5) is 35.7. The van der Waals surface area contributed by atoms with Gasteiger partial charge in [-0.05, 0) is 19.8 Å². The van der Waals surface area contributed by atoms with Gasteiger partial charge in [0.25, 0.3) is 0 Å². The SMILES string of the molecule is C[C@H](NC(=O)C1CC(=O)N(C2CC2)C1)C(=O)O. The van der Waals surface area contributed by atoms with E-state index in [2.05, 4.69) is 5.32 Å². The molecule has 1 heterocycles. The van der Waals surface area contributed by atoms with Gasteiger partial charge in [-0.2, -0.15) is 0 Å². The minimum Gasteiger partial charge on any atom is -0.480 e. The molecule has 2 amide bonds. The molecule has 1 unspecified atom stereocenters. The highest BCUT2D eigenvalue weighted by molar-refractivity contribution is 5.91. The molecule has 2 rings (SSSR count). The summed E-state index contributed by atoms with van der Waals surface area (Å²) in [5, 5.41) is 11.1. The first-order chi connectivity index (χ1) is 7.99. The lowest BCUT2D eigenvalue weighted by molar-refractivity contribution is -0.141. The lowest BCUT2D eigenvalue weighted by atomic mass is 10.1. The Balaban J connectivity index is 1.88. The van der Waals surface area contributed by atoms with Crippen LogP contribution >= 0.6 is 0 Å². The Morgan fingerprint density at radius 3 is 2.65 bits per heavy atom. The van der Waals surface area contributed by atoms with Crippen molar-refractivity contribution in [3.63, 3.8) is 0 Å². The molecule has 0 aromatic rings. The number of carbonyl (C=O) groups is 3. The maximum absolute atomic E-state index is 11.7. The van der Waals surface area contributed by atoms with E-state index in [9.17, 15) is 14.4 Å². The Morgan fingerprint density at radius 2 is 2.12 bits per heavy atom. The molecule has 2 aliphatic rings. The highest BCUT2D eigenvalue weighted by Gasteiger charge is 2.42. The highest BCUT2D eigenvalue weighted by atomic mass is 16.4. The van der Waals surface area contributed by atoms with E-state index >= 15 is 0 Å². The standard InChI is InChI=1S/C11H16N2O4/c1-6(11(16)17)12-10(15)7-4-9(14)13(5-7)8-2-3-8/h6-8H,2-5H2,1H3,(H,12,15)(H,16,17)/t6-,7?/m0/s1. The van der Waals surface area contributed by atoms with E-state index in [1.807, 2.05) is 0 Å². The summed E-state index contributed by atoms with van der Waals surface area (Å²) in [7, 11) is 0. The van der Waals surface area contributed by atoms with E-state index in [4.69, 9.17) is 5.11 Å². The molecule has 0 radical (unpaired) electrons. The van der Waals surface area contributed by atoms with E-state index in [1.165, 1.54) is 6.92 Å². The number of carboxylic acid groups (broad SMARTS) is 1. The molecule has 94 valence electrons. The van der Waals surface area contributed by atoms with Crippen LogP contribution in [0, 0.1) is 5.92 Å². The fourth-order valence-corrected chi connectivity index (χ4v) is 2.04. The Bertz CT molecular complexity index is 364. The Labute approximate surface area is 99.0 Å². The van der Waals surface area contributed by atoms with E-state index in [0.29, 0.717) is 12.6 Å². The number of carboxylic acids is 1. The van der Waals surface area contributed by atoms with Crippen molar-refractivity contribution in [1.82, 2.24) is 10.2 Å². The van der Waals surface area contributed by atoms with Gasteiger partial charge >= 0.3 is 5.97 Å². The van der Waals surface area contributed by atoms with Crippen molar-refractivity contribution in [2.24, 2.45) is 5.92 Å². The lowest BCUT2D eigenvalue weighted by Gasteiger charge is -2.16. The number of nitrogens with one attached hydrogen (secondary N) is 1. The van der Waals surface area contributed by atoms with Crippen LogP contribution in [0.15, 0.2) is 0 Å². The monoisotopic (exact) mass is 240 g/mol. The van der Waals surface area contributed by atoms with Crippen molar-refractivity contribution in [2.45, 2.75) is 38.3 Å². The third-order valence-corrected chi connectivity index (χ3v) is 3.25. The van der Waals surface area contributed by atoms with Gasteiger partial charge in [0.2, 0.25) is 11.8 Å². The van der Waals surface area contributed by atoms with E-state index in [0.717, 1.165) is 12.8 Å². The Hall–Kier alpha value is -1.59. The second-order valence-electron chi connectivity index (χ2n) is 4.75. The van der Waals surface area contributed by atoms with Crippen molar-refractivity contribution < 1.29 is 19.5 Å². The van der Waals surface area contributed by atoms with Gasteiger partial charge in [0.1, 0.15) is 6.04 Å². The summed E-state index contributed by atoms with van der Waals surface area (Å²) >= 11 is 0. The van der Waals surface area contributed by atoms with Crippen LogP contribution < -0.4 is 5.32 Å². The van der Waals surface area contributed by atoms with Gasteiger partial charge < -0.3 is 15.3 Å². The van der Waals surface area contributed by atoms with Gasteiger partial charge in [0.15, 0.2) is 0 Å². The number of hydrogen-bond donors (Lipinski definition) is 2. The normalized spacial score (nSPS) is 25.8. The number of likely N-dealkylation sites (tertiary alicyclic amines) is 1. The highest BCUT2D eigenvalue weighted by Crippen LogP contribution is 2.32. The van der Waals surface area contributed by atoms with Crippen LogP contribution in [0.2, 0.25) is 0 Å². The minimum atomic E-state index is -1.07. The van der Waals surface area contributed by atoms with Gasteiger partial charge in [-0.3, -0.25) is 14.4 Å². The van der Waals surface area contributed by atoms with Crippen LogP contribution in [0.1, 0.15) is 26.2 Å². The number of aliphatic carboxylic acids is 1. The Kier molecular flexibility index (Phi) is 3.04. The van der Waals surface area contributed by atoms with E-state index in [-0.39, 0.29) is 18.2 Å². The number of carbonyl (C=O) groups excluding carboxylic acids is 2. The summed E-state index contributed by atoms with van der Waals surface area (Å²) in [5.74, 6) is -1.79. The molecule has 2 N–H and O–H groups in total. The number of hydrogen-bond acceptors (Lipinski definition) is 3. The van der Waals surface area contributed by atoms with Crippen molar-refractivity contribution in [1.29, 1.82) is 0 Å². The predicted molar refractivity (Wildman–Crippen MR) is 58.1 cm³/mol. The number of amides is 2. The lowest BCUT2D eigenvalue weighted by Crippen LogP contribution is -2.42. The van der Waals surface area contributed by atoms with Crippen molar-refractivity contribution in [3.05, 3.63) is 0 Å². The summed E-state index contributed by atoms with van der Waals surface area (Å²) in [6.45, 7) is 1.84. The molecule has 6 heteroatoms. The van der Waals surface area contributed by atoms with Gasteiger partial charge in [-0.15, -0.1) is 0 Å². The molecule has 1 aliphatic heterocycles. The average Bonchev–Trinajstić information content (AvgIpc) is 3.02. The van der Waals surface area contributed by atoms with Crippen molar-refractivity contribution in [2.75, 3.05) is 6.54 Å². The van der Waals surface area contributed by atoms with Crippen LogP contribution in [0.25, 0.3) is 0 Å². The fraction of sp³-hybridized carbons (Fsp3) is 0.727. The molecule has 2 atom stereocenters. The maximum atomic E-state index is 11.7. The molecule has 1 aliphatic carbocycles. The molecular formula is C11H16N2O4. The molecule has 0 aromatic heterocycles. The number of rotatable bonds is 4. The first-order valence-corrected chi connectivity index (χ1v) is 5.81. The van der Waals surface area contributed by atoms with E-state index in [1.54, 1.807) is 4.90 Å². The molecule has 1 saturated heterocycles. The first-order valence-electron chi connectivity index (χ1n) is 5.81. The predicted octanol–water partition coefficient (Wildman–Crippen LogP) is -0.413. The second kappa shape index (κ2) is 4.35. The zero-order valence-corrected chi connectivity index (χ0v) is 9.68. The van der Waals surface area contributed by atoms with Crippen LogP contribution in [0.5, 0.6) is 0 Å². The Morgan fingerprint density at radius 1 is 1.47 bits per heavy atom. The maximum Gasteiger partial charge on any atom is 0.325 e. The third-order valence-electron chi connectivity index (χ3n) is 3.25. The molecule has 2 fully saturated rings. The average molecular weight is 240 g/mol. The van der Waals surface area contributed by atoms with Gasteiger partial charge in [-0.25, -0.2) is 0 Å². The van der Waals surface area contributed by atoms with Crippen LogP contribution in [-0.2, 0) is 14.4 Å². The van der Waals surface area contributed by atoms with Crippen molar-refractivity contribution in [3.8, 4) is 0 Å². The largest absolute Gasteiger partial charge is 0.480 e. The van der Waals surface area contributed by atoms with Crippen molar-refractivity contribution >= 4 is 17.8 Å². The van der Waals surface area contributed by atoms with Gasteiger partial charge in [0, 0.05) is 19.0 Å². The number of nitrogens with zero attached hydrogens (tertiary/aromatic N) is 1. The van der Waals surface area contributed by atoms with Crippen LogP contribution in [-0.4, -0.2) is 46.4 Å². The third kappa shape index (κ3) is 2.57. The summed E-state index contributed by atoms with van der Waals surface area (Å²) in [5.41, 5.74) is 0. The van der Waals surface area contributed by atoms with Crippen LogP contribution in [0.3, 0.4) is 0 Å². The zero-order valence-electron chi connectivity index (χ0n) is 9.68. The zero-order chi connectivity index (χ0) is 12.6. The minimum absolute atomic E-state index is 0.00984. The molecule has 6 nitrogen and oxygen atoms in total. The first kappa shape index (κ1) is 11.9. The molecule has 0 bridgehead atoms. The fourth-order valence-electron chi connectivity index (χ4n) is 2.04. The molecule has 17 heavy (non-hydrogen) atoms. The quantitative estimate of drug-likeness (QED) is 0.699.